The van der Waals surface area contributed by atoms with Crippen LogP contribution >= 0.6 is 11.8 Å². The van der Waals surface area contributed by atoms with Crippen LogP contribution < -0.4 is 0 Å². The summed E-state index contributed by atoms with van der Waals surface area (Å²) < 4.78 is 40.3. The molecular weight excluding hydrogens is 363 g/mol. The highest BCUT2D eigenvalue weighted by molar-refractivity contribution is 8.00. The first-order valence-corrected chi connectivity index (χ1v) is 11.1. The zero-order chi connectivity index (χ0) is 17.8. The third kappa shape index (κ3) is 2.78. The molecule has 25 heavy (non-hydrogen) atoms. The van der Waals surface area contributed by atoms with E-state index in [1.54, 1.807) is 11.8 Å². The van der Waals surface area contributed by atoms with Gasteiger partial charge in [-0.15, -0.1) is 11.8 Å². The second-order valence-corrected chi connectivity index (χ2v) is 10.4. The van der Waals surface area contributed by atoms with Gasteiger partial charge in [0.2, 0.25) is 15.9 Å². The maximum Gasteiger partial charge on any atom is 0.246 e. The summed E-state index contributed by atoms with van der Waals surface area (Å²) in [6, 6.07) is 5.96. The lowest BCUT2D eigenvalue weighted by molar-refractivity contribution is -0.144. The van der Waals surface area contributed by atoms with Gasteiger partial charge < -0.3 is 4.90 Å². The first kappa shape index (κ1) is 17.3. The van der Waals surface area contributed by atoms with Gasteiger partial charge in [-0.05, 0) is 31.9 Å². The van der Waals surface area contributed by atoms with Crippen molar-refractivity contribution in [2.75, 3.05) is 24.6 Å². The molecule has 5 nitrogen and oxygen atoms in total. The number of amides is 1. The lowest BCUT2D eigenvalue weighted by Gasteiger charge is -2.61. The highest BCUT2D eigenvalue weighted by atomic mass is 32.2. The third-order valence-electron chi connectivity index (χ3n) is 5.56. The highest BCUT2D eigenvalue weighted by Gasteiger charge is 2.58. The van der Waals surface area contributed by atoms with E-state index in [2.05, 4.69) is 6.92 Å². The van der Waals surface area contributed by atoms with E-state index in [1.807, 2.05) is 4.90 Å². The lowest BCUT2D eigenvalue weighted by Crippen LogP contribution is -2.69. The molecule has 136 valence electrons. The van der Waals surface area contributed by atoms with Gasteiger partial charge in [0.25, 0.3) is 0 Å². The van der Waals surface area contributed by atoms with Crippen LogP contribution in [0.4, 0.5) is 4.39 Å². The standard InChI is InChI=1S/C17H21FN2O3S2/c1-12-8-24-9-16(21)20(12)13-6-17(7-13)10-19(11-17)25(22,23)15-5-3-2-4-14(15)18/h2-5,12-13H,6-11H2,1H3. The van der Waals surface area contributed by atoms with Gasteiger partial charge in [-0.1, -0.05) is 12.1 Å². The fourth-order valence-corrected chi connectivity index (χ4v) is 7.01. The van der Waals surface area contributed by atoms with E-state index in [0.29, 0.717) is 18.8 Å². The number of carbonyl (C=O) groups excluding carboxylic acids is 1. The number of hydrogen-bond donors (Lipinski definition) is 0. The van der Waals surface area contributed by atoms with E-state index in [0.717, 1.165) is 18.6 Å². The number of benzene rings is 1. The summed E-state index contributed by atoms with van der Waals surface area (Å²) in [4.78, 5) is 13.9. The Morgan fingerprint density at radius 2 is 1.92 bits per heavy atom. The Kier molecular flexibility index (Phi) is 4.12. The topological polar surface area (TPSA) is 57.7 Å². The molecule has 1 aliphatic carbocycles. The summed E-state index contributed by atoms with van der Waals surface area (Å²) in [5.41, 5.74) is -0.0341. The number of thioether (sulfide) groups is 1. The van der Waals surface area contributed by atoms with Crippen LogP contribution in [0.3, 0.4) is 0 Å². The van der Waals surface area contributed by atoms with Crippen molar-refractivity contribution in [2.24, 2.45) is 5.41 Å². The minimum atomic E-state index is -3.77. The number of carbonyl (C=O) groups is 1. The van der Waals surface area contributed by atoms with Crippen LogP contribution in [0.15, 0.2) is 29.2 Å². The molecule has 0 N–H and O–H groups in total. The molecule has 0 aromatic heterocycles. The molecule has 1 saturated carbocycles. The molecular formula is C17H21FN2O3S2. The van der Waals surface area contributed by atoms with E-state index in [1.165, 1.54) is 28.6 Å². The highest BCUT2D eigenvalue weighted by Crippen LogP contribution is 2.52. The zero-order valence-electron chi connectivity index (χ0n) is 14.0. The van der Waals surface area contributed by atoms with Crippen molar-refractivity contribution >= 4 is 27.7 Å². The molecule has 1 atom stereocenters. The SMILES string of the molecule is CC1CSCC(=O)N1C1CC2(C1)CN(S(=O)(=O)c1ccccc1F)C2. The molecule has 8 heteroatoms. The molecule has 1 amide bonds. The van der Waals surface area contributed by atoms with Gasteiger partial charge in [0.1, 0.15) is 10.7 Å². The van der Waals surface area contributed by atoms with Crippen LogP contribution in [-0.2, 0) is 14.8 Å². The van der Waals surface area contributed by atoms with E-state index in [9.17, 15) is 17.6 Å². The van der Waals surface area contributed by atoms with Crippen LogP contribution in [0.25, 0.3) is 0 Å². The Bertz CT molecular complexity index is 800. The Labute approximate surface area is 151 Å². The van der Waals surface area contributed by atoms with Crippen molar-refractivity contribution in [3.8, 4) is 0 Å². The summed E-state index contributed by atoms with van der Waals surface area (Å²) in [5.74, 6) is 0.990. The second kappa shape index (κ2) is 5.96. The van der Waals surface area contributed by atoms with Crippen LogP contribution in [0.5, 0.6) is 0 Å². The fourth-order valence-electron chi connectivity index (χ4n) is 4.34. The molecule has 1 aromatic rings. The number of nitrogens with zero attached hydrogens (tertiary/aromatic N) is 2. The Hall–Kier alpha value is -1.12. The molecule has 3 fully saturated rings. The summed E-state index contributed by atoms with van der Waals surface area (Å²) in [5, 5.41) is 0. The molecule has 1 spiro atoms. The van der Waals surface area contributed by atoms with Crippen LogP contribution in [-0.4, -0.2) is 60.2 Å². The summed E-state index contributed by atoms with van der Waals surface area (Å²) in [6.07, 6.45) is 1.69. The molecule has 2 aliphatic heterocycles. The van der Waals surface area contributed by atoms with Crippen molar-refractivity contribution in [3.05, 3.63) is 30.1 Å². The van der Waals surface area contributed by atoms with Gasteiger partial charge in [-0.2, -0.15) is 4.31 Å². The normalized spacial score (nSPS) is 27.2. The van der Waals surface area contributed by atoms with Crippen molar-refractivity contribution in [3.63, 3.8) is 0 Å². The lowest BCUT2D eigenvalue weighted by atomic mass is 9.61. The summed E-state index contributed by atoms with van der Waals surface area (Å²) in [7, 11) is -3.77. The van der Waals surface area contributed by atoms with E-state index >= 15 is 0 Å². The predicted molar refractivity (Wildman–Crippen MR) is 94.2 cm³/mol. The zero-order valence-corrected chi connectivity index (χ0v) is 15.7. The Morgan fingerprint density at radius 3 is 2.56 bits per heavy atom. The molecule has 2 saturated heterocycles. The van der Waals surface area contributed by atoms with E-state index < -0.39 is 15.8 Å². The van der Waals surface area contributed by atoms with Crippen molar-refractivity contribution < 1.29 is 17.6 Å². The smallest absolute Gasteiger partial charge is 0.246 e. The average Bonchev–Trinajstić information content (AvgIpc) is 2.47. The molecule has 0 bridgehead atoms. The molecule has 4 rings (SSSR count). The summed E-state index contributed by atoms with van der Waals surface area (Å²) >= 11 is 1.67. The monoisotopic (exact) mass is 384 g/mol. The minimum Gasteiger partial charge on any atom is -0.335 e. The largest absolute Gasteiger partial charge is 0.335 e. The van der Waals surface area contributed by atoms with E-state index in [-0.39, 0.29) is 28.3 Å². The van der Waals surface area contributed by atoms with Crippen LogP contribution in [0.2, 0.25) is 0 Å². The molecule has 3 aliphatic rings. The van der Waals surface area contributed by atoms with Crippen molar-refractivity contribution in [1.29, 1.82) is 0 Å². The Morgan fingerprint density at radius 1 is 1.24 bits per heavy atom. The van der Waals surface area contributed by atoms with Gasteiger partial charge in [0.05, 0.1) is 5.75 Å². The number of halogens is 1. The number of rotatable bonds is 3. The second-order valence-electron chi connectivity index (χ2n) is 7.43. The van der Waals surface area contributed by atoms with Gasteiger partial charge in [-0.25, -0.2) is 12.8 Å². The van der Waals surface area contributed by atoms with Crippen molar-refractivity contribution in [1.82, 2.24) is 9.21 Å². The minimum absolute atomic E-state index is 0.0341. The average molecular weight is 384 g/mol. The number of hydrogen-bond acceptors (Lipinski definition) is 4. The Balaban J connectivity index is 1.40. The molecule has 0 radical (unpaired) electrons. The maximum atomic E-state index is 13.8. The van der Waals surface area contributed by atoms with Gasteiger partial charge in [-0.3, -0.25) is 4.79 Å². The van der Waals surface area contributed by atoms with Crippen LogP contribution in [0.1, 0.15) is 19.8 Å². The first-order chi connectivity index (χ1) is 11.8. The molecule has 2 heterocycles. The maximum absolute atomic E-state index is 13.8. The van der Waals surface area contributed by atoms with Crippen LogP contribution in [0, 0.1) is 11.2 Å². The van der Waals surface area contributed by atoms with Gasteiger partial charge in [0.15, 0.2) is 0 Å². The van der Waals surface area contributed by atoms with Crippen molar-refractivity contribution in [2.45, 2.75) is 36.7 Å². The quantitative estimate of drug-likeness (QED) is 0.799. The summed E-state index contributed by atoms with van der Waals surface area (Å²) in [6.45, 7) is 2.92. The van der Waals surface area contributed by atoms with Gasteiger partial charge in [0, 0.05) is 36.3 Å². The fraction of sp³-hybridized carbons (Fsp3) is 0.588. The predicted octanol–water partition coefficient (Wildman–Crippen LogP) is 1.94. The first-order valence-electron chi connectivity index (χ1n) is 8.46. The number of sulfonamides is 1. The molecule has 1 aromatic carbocycles. The van der Waals surface area contributed by atoms with Gasteiger partial charge >= 0.3 is 0 Å². The third-order valence-corrected chi connectivity index (χ3v) is 8.55. The van der Waals surface area contributed by atoms with E-state index in [4.69, 9.17) is 0 Å². The molecule has 1 unspecified atom stereocenters.